The second-order valence-corrected chi connectivity index (χ2v) is 5.63. The quantitative estimate of drug-likeness (QED) is 0.705. The Kier molecular flexibility index (Phi) is 3.89. The summed E-state index contributed by atoms with van der Waals surface area (Å²) in [5.41, 5.74) is 2.01. The van der Waals surface area contributed by atoms with Crippen LogP contribution in [0.25, 0.3) is 11.0 Å². The van der Waals surface area contributed by atoms with Gasteiger partial charge in [0.15, 0.2) is 0 Å². The van der Waals surface area contributed by atoms with Crippen molar-refractivity contribution in [1.82, 2.24) is 4.90 Å². The summed E-state index contributed by atoms with van der Waals surface area (Å²) in [5.74, 6) is 2.79. The number of nitrogens with zero attached hydrogens (tertiary/aromatic N) is 1. The molecule has 116 valence electrons. The molecule has 3 aromatic rings. The van der Waals surface area contributed by atoms with Crippen molar-refractivity contribution in [1.29, 1.82) is 0 Å². The van der Waals surface area contributed by atoms with Gasteiger partial charge in [-0.2, -0.15) is 0 Å². The van der Waals surface area contributed by atoms with Gasteiger partial charge in [-0.05, 0) is 38.2 Å². The van der Waals surface area contributed by atoms with Gasteiger partial charge in [-0.25, -0.2) is 0 Å². The number of rotatable bonds is 2. The third-order valence-electron chi connectivity index (χ3n) is 3.93. The molecule has 4 nitrogen and oxygen atoms in total. The van der Waals surface area contributed by atoms with E-state index in [0.717, 1.165) is 46.9 Å². The van der Waals surface area contributed by atoms with E-state index in [1.54, 1.807) is 6.26 Å². The highest BCUT2D eigenvalue weighted by molar-refractivity contribution is 5.85. The number of halogens is 1. The molecule has 0 N–H and O–H groups in total. The zero-order valence-corrected chi connectivity index (χ0v) is 13.4. The first-order chi connectivity index (χ1) is 10.2. The SMILES string of the molecule is Cc1cc2c(o1)CN(C)CC2Oc1cccc2occc12.Cl. The summed E-state index contributed by atoms with van der Waals surface area (Å²) in [6.45, 7) is 3.66. The molecule has 0 spiro atoms. The molecular formula is C17H18ClNO3. The number of hydrogen-bond acceptors (Lipinski definition) is 4. The van der Waals surface area contributed by atoms with Crippen molar-refractivity contribution >= 4 is 23.4 Å². The van der Waals surface area contributed by atoms with Crippen LogP contribution in [0.4, 0.5) is 0 Å². The van der Waals surface area contributed by atoms with Crippen LogP contribution in [0.1, 0.15) is 23.2 Å². The van der Waals surface area contributed by atoms with Crippen LogP contribution in [0.15, 0.2) is 45.4 Å². The molecule has 1 unspecified atom stereocenters. The zero-order chi connectivity index (χ0) is 14.4. The fourth-order valence-electron chi connectivity index (χ4n) is 2.99. The lowest BCUT2D eigenvalue weighted by molar-refractivity contribution is 0.121. The van der Waals surface area contributed by atoms with Crippen LogP contribution in [0.3, 0.4) is 0 Å². The van der Waals surface area contributed by atoms with E-state index in [2.05, 4.69) is 18.0 Å². The third kappa shape index (κ3) is 2.49. The highest BCUT2D eigenvalue weighted by Crippen LogP contribution is 2.35. The molecule has 0 radical (unpaired) electrons. The smallest absolute Gasteiger partial charge is 0.140 e. The highest BCUT2D eigenvalue weighted by atomic mass is 35.5. The standard InChI is InChI=1S/C17H17NO3.ClH/c1-11-8-13-16(20-11)9-18(2)10-17(13)21-15-5-3-4-14-12(15)6-7-19-14;/h3-8,17H,9-10H2,1-2H3;1H. The van der Waals surface area contributed by atoms with Crippen LogP contribution in [-0.2, 0) is 6.54 Å². The Balaban J connectivity index is 0.00000144. The summed E-state index contributed by atoms with van der Waals surface area (Å²) < 4.78 is 17.5. The summed E-state index contributed by atoms with van der Waals surface area (Å²) in [5, 5.41) is 1.01. The summed E-state index contributed by atoms with van der Waals surface area (Å²) in [6.07, 6.45) is 1.68. The van der Waals surface area contributed by atoms with Crippen molar-refractivity contribution < 1.29 is 13.6 Å². The number of likely N-dealkylation sites (N-methyl/N-ethyl adjacent to an activating group) is 1. The normalized spacial score (nSPS) is 18.0. The zero-order valence-electron chi connectivity index (χ0n) is 12.5. The number of ether oxygens (including phenoxy) is 1. The largest absolute Gasteiger partial charge is 0.483 e. The van der Waals surface area contributed by atoms with Gasteiger partial charge in [-0.15, -0.1) is 12.4 Å². The molecule has 0 aliphatic carbocycles. The molecule has 0 amide bonds. The predicted octanol–water partition coefficient (Wildman–Crippen LogP) is 4.32. The molecule has 22 heavy (non-hydrogen) atoms. The number of aryl methyl sites for hydroxylation is 1. The Labute approximate surface area is 135 Å². The summed E-state index contributed by atoms with van der Waals surface area (Å²) >= 11 is 0. The van der Waals surface area contributed by atoms with Gasteiger partial charge in [-0.3, -0.25) is 4.90 Å². The van der Waals surface area contributed by atoms with Crippen molar-refractivity contribution in [3.05, 3.63) is 53.7 Å². The summed E-state index contributed by atoms with van der Waals surface area (Å²) in [7, 11) is 2.08. The van der Waals surface area contributed by atoms with Gasteiger partial charge in [-0.1, -0.05) is 6.07 Å². The van der Waals surface area contributed by atoms with Gasteiger partial charge < -0.3 is 13.6 Å². The fourth-order valence-corrected chi connectivity index (χ4v) is 2.99. The Morgan fingerprint density at radius 3 is 3.00 bits per heavy atom. The van der Waals surface area contributed by atoms with Crippen LogP contribution in [0.5, 0.6) is 5.75 Å². The minimum absolute atomic E-state index is 0. The predicted molar refractivity (Wildman–Crippen MR) is 86.6 cm³/mol. The van der Waals surface area contributed by atoms with Crippen LogP contribution in [0, 0.1) is 6.92 Å². The molecule has 4 rings (SSSR count). The second kappa shape index (κ2) is 5.71. The maximum Gasteiger partial charge on any atom is 0.140 e. The third-order valence-corrected chi connectivity index (χ3v) is 3.93. The van der Waals surface area contributed by atoms with E-state index >= 15 is 0 Å². The lowest BCUT2D eigenvalue weighted by Crippen LogP contribution is -2.32. The van der Waals surface area contributed by atoms with Gasteiger partial charge in [0.05, 0.1) is 18.2 Å². The molecule has 0 saturated heterocycles. The van der Waals surface area contributed by atoms with Gasteiger partial charge in [0.25, 0.3) is 0 Å². The minimum atomic E-state index is -0.0169. The van der Waals surface area contributed by atoms with E-state index in [9.17, 15) is 0 Å². The molecule has 1 aliphatic rings. The van der Waals surface area contributed by atoms with Crippen molar-refractivity contribution in [2.75, 3.05) is 13.6 Å². The van der Waals surface area contributed by atoms with E-state index in [1.807, 2.05) is 31.2 Å². The monoisotopic (exact) mass is 319 g/mol. The van der Waals surface area contributed by atoms with Crippen molar-refractivity contribution in [2.24, 2.45) is 0 Å². The molecule has 1 aromatic carbocycles. The maximum absolute atomic E-state index is 6.28. The first kappa shape index (κ1) is 15.0. The van der Waals surface area contributed by atoms with Crippen LogP contribution >= 0.6 is 12.4 Å². The first-order valence-electron chi connectivity index (χ1n) is 7.11. The summed E-state index contributed by atoms with van der Waals surface area (Å²) in [4.78, 5) is 2.21. The van der Waals surface area contributed by atoms with Crippen molar-refractivity contribution in [3.63, 3.8) is 0 Å². The van der Waals surface area contributed by atoms with Gasteiger partial charge in [0, 0.05) is 12.1 Å². The molecule has 1 aliphatic heterocycles. The number of benzene rings is 1. The first-order valence-corrected chi connectivity index (χ1v) is 7.11. The van der Waals surface area contributed by atoms with E-state index in [4.69, 9.17) is 13.6 Å². The van der Waals surface area contributed by atoms with Crippen LogP contribution in [-0.4, -0.2) is 18.5 Å². The number of hydrogen-bond donors (Lipinski definition) is 0. The van der Waals surface area contributed by atoms with E-state index in [0.29, 0.717) is 0 Å². The molecular weight excluding hydrogens is 302 g/mol. The molecule has 0 fully saturated rings. The van der Waals surface area contributed by atoms with E-state index in [-0.39, 0.29) is 18.5 Å². The lowest BCUT2D eigenvalue weighted by atomic mass is 10.0. The van der Waals surface area contributed by atoms with Gasteiger partial charge in [0.2, 0.25) is 0 Å². The van der Waals surface area contributed by atoms with Crippen LogP contribution < -0.4 is 4.74 Å². The summed E-state index contributed by atoms with van der Waals surface area (Å²) in [6, 6.07) is 9.91. The fraction of sp³-hybridized carbons (Fsp3) is 0.294. The number of fused-ring (bicyclic) bond motifs is 2. The Bertz CT molecular complexity index is 792. The van der Waals surface area contributed by atoms with Gasteiger partial charge in [0.1, 0.15) is 29.0 Å². The molecule has 0 saturated carbocycles. The maximum atomic E-state index is 6.28. The molecule has 0 bridgehead atoms. The Morgan fingerprint density at radius 1 is 1.27 bits per heavy atom. The molecule has 2 aromatic heterocycles. The average molecular weight is 320 g/mol. The van der Waals surface area contributed by atoms with Crippen molar-refractivity contribution in [3.8, 4) is 5.75 Å². The minimum Gasteiger partial charge on any atom is -0.483 e. The molecule has 5 heteroatoms. The average Bonchev–Trinajstić information content (AvgIpc) is 3.04. The Morgan fingerprint density at radius 2 is 2.14 bits per heavy atom. The number of furan rings is 2. The van der Waals surface area contributed by atoms with Gasteiger partial charge >= 0.3 is 0 Å². The molecule has 3 heterocycles. The topological polar surface area (TPSA) is 38.8 Å². The molecule has 1 atom stereocenters. The lowest BCUT2D eigenvalue weighted by Gasteiger charge is -2.29. The second-order valence-electron chi connectivity index (χ2n) is 5.63. The van der Waals surface area contributed by atoms with E-state index in [1.165, 1.54) is 0 Å². The van der Waals surface area contributed by atoms with E-state index < -0.39 is 0 Å². The highest BCUT2D eigenvalue weighted by Gasteiger charge is 2.28. The Hall–Kier alpha value is -1.91. The van der Waals surface area contributed by atoms with Crippen molar-refractivity contribution in [2.45, 2.75) is 19.6 Å². The van der Waals surface area contributed by atoms with Crippen LogP contribution in [0.2, 0.25) is 0 Å².